The minimum absolute atomic E-state index is 0.0623. The van der Waals surface area contributed by atoms with E-state index in [0.717, 1.165) is 0 Å². The number of carbonyl (C=O) groups excluding carboxylic acids is 2. The number of aliphatic carboxylic acids is 1. The summed E-state index contributed by atoms with van der Waals surface area (Å²) in [5, 5.41) is 23.6. The lowest BCUT2D eigenvalue weighted by molar-refractivity contribution is -0.142. The molecule has 0 aliphatic carbocycles. The molecule has 0 saturated carbocycles. The van der Waals surface area contributed by atoms with E-state index < -0.39 is 35.7 Å². The van der Waals surface area contributed by atoms with Gasteiger partial charge in [0.15, 0.2) is 0 Å². The molecule has 0 aromatic heterocycles. The van der Waals surface area contributed by atoms with Crippen molar-refractivity contribution in [3.8, 4) is 6.07 Å². The highest BCUT2D eigenvalue weighted by atomic mass is 19.1. The molecule has 0 unspecified atom stereocenters. The van der Waals surface area contributed by atoms with Crippen LogP contribution in [-0.2, 0) is 27.2 Å². The molecule has 8 heteroatoms. The van der Waals surface area contributed by atoms with Crippen LogP contribution >= 0.6 is 0 Å². The number of rotatable bonds is 8. The average molecular weight is 397 g/mol. The highest BCUT2D eigenvalue weighted by Gasteiger charge is 2.27. The molecule has 2 aromatic rings. The van der Waals surface area contributed by atoms with Crippen LogP contribution < -0.4 is 10.6 Å². The molecule has 7 nitrogen and oxygen atoms in total. The Morgan fingerprint density at radius 2 is 1.69 bits per heavy atom. The first kappa shape index (κ1) is 21.6. The topological polar surface area (TPSA) is 119 Å². The van der Waals surface area contributed by atoms with E-state index in [2.05, 4.69) is 10.6 Å². The lowest BCUT2D eigenvalue weighted by Gasteiger charge is -2.21. The van der Waals surface area contributed by atoms with Gasteiger partial charge in [-0.05, 0) is 29.3 Å². The quantitative estimate of drug-likeness (QED) is 0.624. The first-order chi connectivity index (χ1) is 13.8. The van der Waals surface area contributed by atoms with Gasteiger partial charge in [-0.25, -0.2) is 9.18 Å². The zero-order valence-electron chi connectivity index (χ0n) is 15.7. The number of hydrogen-bond acceptors (Lipinski definition) is 4. The van der Waals surface area contributed by atoms with Crippen LogP contribution in [0.4, 0.5) is 4.39 Å². The molecule has 0 bridgehead atoms. The highest BCUT2D eigenvalue weighted by Crippen LogP contribution is 2.11. The molecule has 29 heavy (non-hydrogen) atoms. The number of nitriles is 1. The van der Waals surface area contributed by atoms with Crippen LogP contribution in [0.3, 0.4) is 0 Å². The van der Waals surface area contributed by atoms with Crippen LogP contribution in [0.2, 0.25) is 0 Å². The number of nitrogens with one attached hydrogen (secondary N) is 2. The van der Waals surface area contributed by atoms with Gasteiger partial charge in [0.05, 0.1) is 11.6 Å². The van der Waals surface area contributed by atoms with Gasteiger partial charge in [0.25, 0.3) is 0 Å². The number of halogens is 1. The summed E-state index contributed by atoms with van der Waals surface area (Å²) in [5.41, 5.74) is 1.40. The van der Waals surface area contributed by atoms with E-state index in [4.69, 9.17) is 5.26 Å². The van der Waals surface area contributed by atoms with Gasteiger partial charge in [-0.15, -0.1) is 0 Å². The molecule has 0 fully saturated rings. The number of carboxylic acid groups (broad SMARTS) is 1. The maximum atomic E-state index is 13.1. The number of benzene rings is 2. The van der Waals surface area contributed by atoms with E-state index >= 15 is 0 Å². The minimum atomic E-state index is -1.29. The Morgan fingerprint density at radius 3 is 2.28 bits per heavy atom. The molecule has 0 heterocycles. The van der Waals surface area contributed by atoms with Gasteiger partial charge in [0.2, 0.25) is 11.8 Å². The molecular weight excluding hydrogens is 377 g/mol. The summed E-state index contributed by atoms with van der Waals surface area (Å²) in [4.78, 5) is 35.8. The molecule has 2 aromatic carbocycles. The monoisotopic (exact) mass is 397 g/mol. The Balaban J connectivity index is 2.17. The SMILES string of the molecule is CC(=O)N[C@@H](Cc1ccc(F)cc1)C(=O)N[C@H](Cc1ccccc1C#N)C(=O)O. The Kier molecular flexibility index (Phi) is 7.43. The van der Waals surface area contributed by atoms with E-state index in [9.17, 15) is 23.9 Å². The zero-order valence-corrected chi connectivity index (χ0v) is 15.7. The average Bonchev–Trinajstić information content (AvgIpc) is 2.68. The van der Waals surface area contributed by atoms with Crippen LogP contribution in [0, 0.1) is 17.1 Å². The van der Waals surface area contributed by atoms with E-state index in [1.165, 1.54) is 31.2 Å². The van der Waals surface area contributed by atoms with Crippen molar-refractivity contribution in [3.05, 3.63) is 71.0 Å². The number of nitrogens with zero attached hydrogens (tertiary/aromatic N) is 1. The Hall–Kier alpha value is -3.73. The first-order valence-electron chi connectivity index (χ1n) is 8.83. The van der Waals surface area contributed by atoms with Gasteiger partial charge in [-0.3, -0.25) is 9.59 Å². The van der Waals surface area contributed by atoms with Crippen molar-refractivity contribution in [1.82, 2.24) is 10.6 Å². The molecule has 0 aliphatic heterocycles. The summed E-state index contributed by atoms with van der Waals surface area (Å²) >= 11 is 0. The van der Waals surface area contributed by atoms with Crippen molar-refractivity contribution in [3.63, 3.8) is 0 Å². The summed E-state index contributed by atoms with van der Waals surface area (Å²) < 4.78 is 13.1. The predicted octanol–water partition coefficient (Wildman–Crippen LogP) is 1.56. The fraction of sp³-hybridized carbons (Fsp3) is 0.238. The maximum Gasteiger partial charge on any atom is 0.326 e. The summed E-state index contributed by atoms with van der Waals surface area (Å²) in [6.07, 6.45) is -0.0268. The molecule has 150 valence electrons. The van der Waals surface area contributed by atoms with Crippen LogP contribution in [0.15, 0.2) is 48.5 Å². The minimum Gasteiger partial charge on any atom is -0.480 e. The van der Waals surface area contributed by atoms with Gasteiger partial charge in [0, 0.05) is 19.8 Å². The molecule has 0 aliphatic rings. The van der Waals surface area contributed by atoms with Crippen molar-refractivity contribution in [1.29, 1.82) is 5.26 Å². The third-order valence-corrected chi connectivity index (χ3v) is 4.22. The molecule has 2 amide bonds. The van der Waals surface area contributed by atoms with Crippen molar-refractivity contribution in [2.75, 3.05) is 0 Å². The molecule has 0 radical (unpaired) electrons. The van der Waals surface area contributed by atoms with E-state index in [1.54, 1.807) is 24.3 Å². The third kappa shape index (κ3) is 6.43. The van der Waals surface area contributed by atoms with Crippen LogP contribution in [0.25, 0.3) is 0 Å². The lowest BCUT2D eigenvalue weighted by atomic mass is 10.00. The number of carbonyl (C=O) groups is 3. The Labute approximate surface area is 167 Å². The highest BCUT2D eigenvalue weighted by molar-refractivity contribution is 5.90. The standard InChI is InChI=1S/C21H20FN3O4/c1-13(26)24-18(10-14-6-8-17(22)9-7-14)20(27)25-19(21(28)29)11-15-4-2-3-5-16(15)12-23/h2-9,18-19H,10-11H2,1H3,(H,24,26)(H,25,27)(H,28,29)/t18-,19+/m0/s1. The van der Waals surface area contributed by atoms with Crippen molar-refractivity contribution < 1.29 is 23.9 Å². The van der Waals surface area contributed by atoms with E-state index in [-0.39, 0.29) is 12.8 Å². The Morgan fingerprint density at radius 1 is 1.03 bits per heavy atom. The van der Waals surface area contributed by atoms with Crippen molar-refractivity contribution in [2.45, 2.75) is 31.8 Å². The zero-order chi connectivity index (χ0) is 21.4. The summed E-state index contributed by atoms with van der Waals surface area (Å²) in [7, 11) is 0. The fourth-order valence-electron chi connectivity index (χ4n) is 2.81. The molecule has 0 spiro atoms. The Bertz CT molecular complexity index is 938. The van der Waals surface area contributed by atoms with Gasteiger partial charge < -0.3 is 15.7 Å². The maximum absolute atomic E-state index is 13.1. The second kappa shape index (κ2) is 9.99. The van der Waals surface area contributed by atoms with E-state index in [1.807, 2.05) is 6.07 Å². The normalized spacial score (nSPS) is 12.3. The summed E-state index contributed by atoms with van der Waals surface area (Å²) in [6, 6.07) is 11.6. The van der Waals surface area contributed by atoms with Crippen LogP contribution in [-0.4, -0.2) is 35.0 Å². The number of amides is 2. The smallest absolute Gasteiger partial charge is 0.326 e. The molecule has 3 N–H and O–H groups in total. The predicted molar refractivity (Wildman–Crippen MR) is 102 cm³/mol. The summed E-state index contributed by atoms with van der Waals surface area (Å²) in [5.74, 6) is -2.86. The van der Waals surface area contributed by atoms with Crippen molar-refractivity contribution >= 4 is 17.8 Å². The molecule has 2 atom stereocenters. The van der Waals surface area contributed by atoms with Gasteiger partial charge in [-0.2, -0.15) is 5.26 Å². The second-order valence-electron chi connectivity index (χ2n) is 6.46. The van der Waals surface area contributed by atoms with Crippen LogP contribution in [0.5, 0.6) is 0 Å². The van der Waals surface area contributed by atoms with Gasteiger partial charge in [0.1, 0.15) is 17.9 Å². The first-order valence-corrected chi connectivity index (χ1v) is 8.83. The molecule has 2 rings (SSSR count). The van der Waals surface area contributed by atoms with Gasteiger partial charge in [-0.1, -0.05) is 30.3 Å². The number of carboxylic acids is 1. The van der Waals surface area contributed by atoms with Crippen molar-refractivity contribution in [2.24, 2.45) is 0 Å². The molecular formula is C21H20FN3O4. The van der Waals surface area contributed by atoms with E-state index in [0.29, 0.717) is 16.7 Å². The molecule has 0 saturated heterocycles. The lowest BCUT2D eigenvalue weighted by Crippen LogP contribution is -2.52. The van der Waals surface area contributed by atoms with Gasteiger partial charge >= 0.3 is 5.97 Å². The third-order valence-electron chi connectivity index (χ3n) is 4.22. The number of hydrogen-bond donors (Lipinski definition) is 3. The fourth-order valence-corrected chi connectivity index (χ4v) is 2.81. The summed E-state index contributed by atoms with van der Waals surface area (Å²) in [6.45, 7) is 1.24. The largest absolute Gasteiger partial charge is 0.480 e. The van der Waals surface area contributed by atoms with Crippen LogP contribution in [0.1, 0.15) is 23.6 Å². The second-order valence-corrected chi connectivity index (χ2v) is 6.46.